The molecule has 0 bridgehead atoms. The van der Waals surface area contributed by atoms with Gasteiger partial charge < -0.3 is 56.0 Å². The lowest BCUT2D eigenvalue weighted by Gasteiger charge is -2.31. The molecule has 0 aliphatic carbocycles. The number of aliphatic carboxylic acids is 1. The number of para-hydroxylation sites is 1. The van der Waals surface area contributed by atoms with E-state index in [2.05, 4.69) is 19.2 Å². The largest absolute Gasteiger partial charge is 0.481 e. The first-order chi connectivity index (χ1) is 36.7. The Kier molecular flexibility index (Phi) is 22.7. The van der Waals surface area contributed by atoms with E-state index >= 15 is 0 Å². The average molecular weight is 1090 g/mol. The molecular weight excluding hydrogens is 1020 g/mol. The summed E-state index contributed by atoms with van der Waals surface area (Å²) in [6, 6.07) is 8.24. The third-order valence-corrected chi connectivity index (χ3v) is 13.6. The second-order valence-electron chi connectivity index (χ2n) is 20.7. The number of ether oxygens (including phenoxy) is 1. The van der Waals surface area contributed by atoms with Gasteiger partial charge in [0.25, 0.3) is 17.4 Å². The molecule has 4 aliphatic heterocycles. The lowest BCUT2D eigenvalue weighted by atomic mass is 9.86. The van der Waals surface area contributed by atoms with Crippen LogP contribution in [-0.4, -0.2) is 132 Å². The van der Waals surface area contributed by atoms with Crippen molar-refractivity contribution in [3.63, 3.8) is 0 Å². The first-order valence-electron chi connectivity index (χ1n) is 26.0. The van der Waals surface area contributed by atoms with Gasteiger partial charge in [0.1, 0.15) is 12.6 Å². The Morgan fingerprint density at radius 3 is 2.13 bits per heavy atom. The number of pyridine rings is 2. The normalized spacial score (nSPS) is 16.5. The van der Waals surface area contributed by atoms with Gasteiger partial charge >= 0.3 is 17.9 Å². The van der Waals surface area contributed by atoms with E-state index in [9.17, 15) is 57.8 Å². The molecule has 0 saturated carbocycles. The smallest absolute Gasteiger partial charge is 0.343 e. The highest BCUT2D eigenvalue weighted by Crippen LogP contribution is 2.40. The van der Waals surface area contributed by atoms with Crippen molar-refractivity contribution in [1.29, 1.82) is 0 Å². The van der Waals surface area contributed by atoms with Crippen LogP contribution in [0, 0.1) is 17.3 Å². The summed E-state index contributed by atoms with van der Waals surface area (Å²) in [6.45, 7) is 14.7. The predicted molar refractivity (Wildman–Crippen MR) is 280 cm³/mol. The molecule has 0 radical (unpaired) electrons. The number of nitrogens with one attached hydrogen (secondary N) is 1. The summed E-state index contributed by atoms with van der Waals surface area (Å²) in [7, 11) is 0. The Bertz CT molecular complexity index is 2790. The van der Waals surface area contributed by atoms with Crippen LogP contribution in [0.2, 0.25) is 0 Å². The third kappa shape index (κ3) is 16.0. The Hall–Kier alpha value is -7.60. The first-order valence-corrected chi connectivity index (χ1v) is 26.0. The summed E-state index contributed by atoms with van der Waals surface area (Å²) >= 11 is 0. The minimum atomic E-state index is -1.93. The molecule has 2 saturated heterocycles. The number of benzene rings is 1. The lowest BCUT2D eigenvalue weighted by molar-refractivity contribution is -0.197. The zero-order chi connectivity index (χ0) is 58.2. The maximum absolute atomic E-state index is 13.6. The zero-order valence-corrected chi connectivity index (χ0v) is 45.5. The van der Waals surface area contributed by atoms with Crippen molar-refractivity contribution >= 4 is 70.7 Å². The van der Waals surface area contributed by atoms with Crippen LogP contribution in [0.4, 0.5) is 0 Å². The number of carboxylic acids is 1. The van der Waals surface area contributed by atoms with Crippen LogP contribution in [0.15, 0.2) is 35.1 Å². The maximum atomic E-state index is 13.6. The maximum Gasteiger partial charge on any atom is 0.343 e. The molecule has 1 aromatic carbocycles. The van der Waals surface area contributed by atoms with Crippen molar-refractivity contribution in [1.82, 2.24) is 29.7 Å². The van der Waals surface area contributed by atoms with E-state index in [-0.39, 0.29) is 106 Å². The Labute approximate surface area is 451 Å². The summed E-state index contributed by atoms with van der Waals surface area (Å²) < 4.78 is 6.70. The molecule has 7 amide bonds. The predicted octanol–water partition coefficient (Wildman–Crippen LogP) is 2.44. The second-order valence-corrected chi connectivity index (χ2v) is 20.7. The number of carbonyl (C=O) groups excluding carboxylic acids is 9. The van der Waals surface area contributed by atoms with Gasteiger partial charge in [-0.1, -0.05) is 52.8 Å². The number of rotatable bonds is 20. The molecule has 3 aromatic rings. The lowest BCUT2D eigenvalue weighted by Crippen LogP contribution is -2.47. The number of aliphatic hydroxyl groups is 2. The molecule has 0 unspecified atom stereocenters. The molecule has 7 rings (SSSR count). The number of hydroxylamine groups is 2. The number of hydrogen-bond donors (Lipinski definition) is 6. The number of likely N-dealkylation sites (tertiary alicyclic amines) is 1. The number of esters is 1. The molecular formula is C54H74N8O16. The fourth-order valence-electron chi connectivity index (χ4n) is 8.76. The molecule has 426 valence electrons. The van der Waals surface area contributed by atoms with E-state index in [0.717, 1.165) is 48.9 Å². The number of imide groups is 1. The summed E-state index contributed by atoms with van der Waals surface area (Å²) in [4.78, 5) is 140. The number of nitrogens with two attached hydrogens (primary N) is 2. The van der Waals surface area contributed by atoms with E-state index in [1.807, 2.05) is 38.1 Å². The fraction of sp³-hybridized carbons (Fsp3) is 0.556. The minimum Gasteiger partial charge on any atom is -0.481 e. The first kappa shape index (κ1) is 62.9. The van der Waals surface area contributed by atoms with E-state index in [1.54, 1.807) is 36.3 Å². The van der Waals surface area contributed by atoms with Crippen LogP contribution >= 0.6 is 0 Å². The van der Waals surface area contributed by atoms with Gasteiger partial charge in [-0.05, 0) is 75.5 Å². The quantitative estimate of drug-likeness (QED) is 0.0420. The average Bonchev–Trinajstić information content (AvgIpc) is 4.19. The number of nitrogens with zero attached hydrogens (tertiary/aromatic N) is 5. The Morgan fingerprint density at radius 1 is 0.949 bits per heavy atom. The number of carbonyl (C=O) groups is 10. The number of aliphatic hydroxyl groups excluding tert-OH is 1. The van der Waals surface area contributed by atoms with Crippen LogP contribution in [0.3, 0.4) is 0 Å². The Balaban J connectivity index is 0.000000267. The molecule has 2 aromatic heterocycles. The van der Waals surface area contributed by atoms with Gasteiger partial charge in [-0.2, -0.15) is 0 Å². The molecule has 4 aliphatic rings. The minimum absolute atomic E-state index is 0.00530. The zero-order valence-electron chi connectivity index (χ0n) is 45.5. The topological polar surface area (TPSA) is 359 Å². The van der Waals surface area contributed by atoms with Crippen molar-refractivity contribution in [3.8, 4) is 11.4 Å². The molecule has 6 heterocycles. The molecule has 0 spiro atoms. The van der Waals surface area contributed by atoms with E-state index in [4.69, 9.17) is 36.2 Å². The highest BCUT2D eigenvalue weighted by molar-refractivity contribution is 6.01. The molecule has 2 fully saturated rings. The number of hydrogen-bond acceptors (Lipinski definition) is 16. The van der Waals surface area contributed by atoms with Crippen molar-refractivity contribution < 1.29 is 72.8 Å². The highest BCUT2D eigenvalue weighted by Gasteiger charge is 2.46. The number of amides is 7. The van der Waals surface area contributed by atoms with E-state index in [0.29, 0.717) is 47.3 Å². The molecule has 24 heteroatoms. The molecule has 8 N–H and O–H groups in total. The van der Waals surface area contributed by atoms with Gasteiger partial charge in [0.2, 0.25) is 30.0 Å². The van der Waals surface area contributed by atoms with Crippen LogP contribution in [-0.2, 0) is 82.8 Å². The van der Waals surface area contributed by atoms with E-state index in [1.165, 1.54) is 4.90 Å². The van der Waals surface area contributed by atoms with Crippen molar-refractivity contribution in [2.45, 2.75) is 150 Å². The number of primary amides is 2. The van der Waals surface area contributed by atoms with Gasteiger partial charge in [-0.25, -0.2) is 14.6 Å². The third-order valence-electron chi connectivity index (χ3n) is 13.6. The van der Waals surface area contributed by atoms with Crippen molar-refractivity contribution in [2.24, 2.45) is 28.7 Å². The second kappa shape index (κ2) is 28.1. The van der Waals surface area contributed by atoms with Gasteiger partial charge in [0.15, 0.2) is 5.60 Å². The summed E-state index contributed by atoms with van der Waals surface area (Å²) in [5, 5.41) is 32.0. The summed E-state index contributed by atoms with van der Waals surface area (Å²) in [6.07, 6.45) is 4.47. The molecule has 24 nitrogen and oxygen atoms in total. The van der Waals surface area contributed by atoms with Gasteiger partial charge in [-0.15, -0.1) is 5.06 Å². The van der Waals surface area contributed by atoms with Crippen molar-refractivity contribution in [3.05, 3.63) is 62.9 Å². The highest BCUT2D eigenvalue weighted by atomic mass is 16.7. The fourth-order valence-corrected chi connectivity index (χ4v) is 8.76. The molecule has 78 heavy (non-hydrogen) atoms. The monoisotopic (exact) mass is 1090 g/mol. The number of fused-ring (bicyclic) bond motifs is 5. The van der Waals surface area contributed by atoms with Crippen LogP contribution < -0.4 is 22.3 Å². The van der Waals surface area contributed by atoms with E-state index < -0.39 is 58.6 Å². The van der Waals surface area contributed by atoms with Crippen LogP contribution in [0.1, 0.15) is 141 Å². The van der Waals surface area contributed by atoms with Crippen molar-refractivity contribution in [2.75, 3.05) is 26.2 Å². The number of aromatic nitrogens is 2. The van der Waals surface area contributed by atoms with Gasteiger partial charge in [-0.3, -0.25) is 43.2 Å². The van der Waals surface area contributed by atoms with Crippen LogP contribution in [0.5, 0.6) is 0 Å². The van der Waals surface area contributed by atoms with Crippen LogP contribution in [0.25, 0.3) is 22.3 Å². The number of carboxylic acid groups (broad SMARTS) is 1. The standard InChI is InChI=1S/C27H28N4O6.C14H22N2O5.C8H13NO3.C5H11NO2/c1-4-27(36)19-9-21-22-17(11-31(21)25(34)18(19)12-37-26(27)35)16(15-7-5-6-8-20(15)29-22)10-30(13-32)23(14(2)3)24(28)33;1-10(2)8-9-15-11(17)4-3-5-14(20)21-16-12(18)6-7-13(16)19;10-7(3-4-8(11)12)9-5-1-2-6-9;1-5(2,3-7)4(6)8/h5-9,13-14,23,36H,4,10-12H2,1-3H3,(H2,28,33);10H,3-9H2,1-2H3,(H,15,17);1-6H2,(H,11,12);7H,3H2,1-2H3,(H2,6,8)/t23-,27-;;;/m0.../s1. The summed E-state index contributed by atoms with van der Waals surface area (Å²) in [5.74, 6) is -4.25. The molecule has 2 atom stereocenters. The Morgan fingerprint density at radius 2 is 1.59 bits per heavy atom. The van der Waals surface area contributed by atoms with Gasteiger partial charge in [0.05, 0.1) is 47.5 Å². The van der Waals surface area contributed by atoms with Gasteiger partial charge in [0, 0.05) is 74.8 Å². The number of cyclic esters (lactones) is 1. The SMILES string of the molecule is CC(C)(CO)C(N)=O.CC(C)CCNC(=O)CCCC(=O)ON1C(=O)CCC1=O.CC[C@@]1(O)C(=O)OCc2c1cc1n(c2=O)Cc2c-1nc1ccccc1c2CN(C=O)[C@H](C(N)=O)C(C)C.O=C(O)CCC(=O)N1CCCC1. The summed E-state index contributed by atoms with van der Waals surface area (Å²) in [5.41, 5.74) is 11.0.